The van der Waals surface area contributed by atoms with Gasteiger partial charge in [0.15, 0.2) is 0 Å². The molecule has 1 aromatic rings. The highest BCUT2D eigenvalue weighted by atomic mass is 32.1. The summed E-state index contributed by atoms with van der Waals surface area (Å²) < 4.78 is 0. The van der Waals surface area contributed by atoms with Gasteiger partial charge in [-0.25, -0.2) is 0 Å². The van der Waals surface area contributed by atoms with Crippen molar-refractivity contribution >= 4 is 11.3 Å². The number of nitrogens with zero attached hydrogens (tertiary/aromatic N) is 1. The molecular formula is C12H20N2OS. The summed E-state index contributed by atoms with van der Waals surface area (Å²) in [7, 11) is 0. The summed E-state index contributed by atoms with van der Waals surface area (Å²) in [5, 5.41) is 13.4. The third-order valence-corrected chi connectivity index (χ3v) is 4.41. The minimum atomic E-state index is -0.183. The Morgan fingerprint density at radius 3 is 2.94 bits per heavy atom. The lowest BCUT2D eigenvalue weighted by Gasteiger charge is -2.20. The summed E-state index contributed by atoms with van der Waals surface area (Å²) in [4.78, 5) is 5.30. The van der Waals surface area contributed by atoms with Crippen LogP contribution in [-0.4, -0.2) is 22.7 Å². The van der Waals surface area contributed by atoms with E-state index in [0.29, 0.717) is 18.5 Å². The van der Waals surface area contributed by atoms with Gasteiger partial charge in [-0.1, -0.05) is 12.8 Å². The molecule has 0 saturated heterocycles. The first-order valence-corrected chi connectivity index (χ1v) is 6.95. The van der Waals surface area contributed by atoms with Crippen LogP contribution in [0.3, 0.4) is 0 Å². The fourth-order valence-electron chi connectivity index (χ4n) is 2.35. The number of aliphatic hydroxyl groups excluding tert-OH is 1. The molecule has 0 spiro atoms. The number of thiazole rings is 1. The molecule has 3 nitrogen and oxygen atoms in total. The Morgan fingerprint density at radius 2 is 2.31 bits per heavy atom. The van der Waals surface area contributed by atoms with Crippen molar-refractivity contribution in [1.82, 2.24) is 10.3 Å². The maximum atomic E-state index is 10.0. The van der Waals surface area contributed by atoms with E-state index in [1.54, 1.807) is 11.3 Å². The quantitative estimate of drug-likeness (QED) is 0.830. The van der Waals surface area contributed by atoms with Crippen LogP contribution in [-0.2, 0) is 0 Å². The lowest BCUT2D eigenvalue weighted by molar-refractivity contribution is 0.107. The average molecular weight is 240 g/mol. The van der Waals surface area contributed by atoms with E-state index in [4.69, 9.17) is 0 Å². The molecule has 0 bridgehead atoms. The van der Waals surface area contributed by atoms with Crippen molar-refractivity contribution in [2.45, 2.75) is 44.8 Å². The molecule has 1 aromatic heterocycles. The van der Waals surface area contributed by atoms with Crippen LogP contribution >= 0.6 is 11.3 Å². The Hall–Kier alpha value is -0.450. The van der Waals surface area contributed by atoms with Crippen LogP contribution in [0.5, 0.6) is 0 Å². The summed E-state index contributed by atoms with van der Waals surface area (Å²) in [6.07, 6.45) is 6.66. The highest BCUT2D eigenvalue weighted by Crippen LogP contribution is 2.27. The first-order valence-electron chi connectivity index (χ1n) is 6.07. The number of nitrogens with one attached hydrogen (secondary N) is 1. The monoisotopic (exact) mass is 240 g/mol. The predicted molar refractivity (Wildman–Crippen MR) is 66.5 cm³/mol. The third kappa shape index (κ3) is 3.03. The van der Waals surface area contributed by atoms with Gasteiger partial charge < -0.3 is 10.4 Å². The Balaban J connectivity index is 1.74. The van der Waals surface area contributed by atoms with E-state index in [0.717, 1.165) is 0 Å². The second-order valence-corrected chi connectivity index (χ2v) is 5.56. The molecule has 1 fully saturated rings. The Kier molecular flexibility index (Phi) is 4.32. The molecule has 1 saturated carbocycles. The molecule has 0 aliphatic heterocycles. The summed E-state index contributed by atoms with van der Waals surface area (Å²) in [5.41, 5.74) is 1.85. The first kappa shape index (κ1) is 12.0. The van der Waals surface area contributed by atoms with Crippen LogP contribution in [0.2, 0.25) is 0 Å². The van der Waals surface area contributed by atoms with E-state index in [-0.39, 0.29) is 6.10 Å². The summed E-state index contributed by atoms with van der Waals surface area (Å²) in [6.45, 7) is 2.82. The van der Waals surface area contributed by atoms with Crippen LogP contribution in [0.4, 0.5) is 0 Å². The van der Waals surface area contributed by atoms with E-state index in [1.165, 1.54) is 30.6 Å². The molecule has 16 heavy (non-hydrogen) atoms. The SMILES string of the molecule is CC(NCC(O)C1CCCC1)c1cncs1. The molecule has 2 unspecified atom stereocenters. The number of aromatic nitrogens is 1. The molecule has 0 aromatic carbocycles. The van der Waals surface area contributed by atoms with E-state index in [9.17, 15) is 5.11 Å². The van der Waals surface area contributed by atoms with Gasteiger partial charge in [0, 0.05) is 23.7 Å². The Bertz CT molecular complexity index is 296. The lowest BCUT2D eigenvalue weighted by atomic mass is 10.0. The zero-order valence-electron chi connectivity index (χ0n) is 9.72. The van der Waals surface area contributed by atoms with Crippen molar-refractivity contribution in [3.8, 4) is 0 Å². The van der Waals surface area contributed by atoms with Crippen LogP contribution < -0.4 is 5.32 Å². The fourth-order valence-corrected chi connectivity index (χ4v) is 3.00. The summed E-state index contributed by atoms with van der Waals surface area (Å²) in [5.74, 6) is 0.515. The second kappa shape index (κ2) is 5.75. The summed E-state index contributed by atoms with van der Waals surface area (Å²) in [6, 6.07) is 0.295. The topological polar surface area (TPSA) is 45.1 Å². The summed E-state index contributed by atoms with van der Waals surface area (Å²) >= 11 is 1.66. The van der Waals surface area contributed by atoms with Gasteiger partial charge in [-0.3, -0.25) is 4.98 Å². The second-order valence-electron chi connectivity index (χ2n) is 4.65. The maximum Gasteiger partial charge on any atom is 0.0794 e. The van der Waals surface area contributed by atoms with Crippen LogP contribution in [0.15, 0.2) is 11.7 Å². The normalized spacial score (nSPS) is 21.1. The zero-order chi connectivity index (χ0) is 11.4. The Morgan fingerprint density at radius 1 is 1.56 bits per heavy atom. The van der Waals surface area contributed by atoms with E-state index in [1.807, 2.05) is 11.7 Å². The molecule has 2 atom stereocenters. The predicted octanol–water partition coefficient (Wildman–Crippen LogP) is 2.34. The number of rotatable bonds is 5. The van der Waals surface area contributed by atoms with Crippen molar-refractivity contribution in [1.29, 1.82) is 0 Å². The van der Waals surface area contributed by atoms with E-state index in [2.05, 4.69) is 17.2 Å². The van der Waals surface area contributed by atoms with Crippen molar-refractivity contribution in [3.63, 3.8) is 0 Å². The van der Waals surface area contributed by atoms with Crippen molar-refractivity contribution in [2.75, 3.05) is 6.54 Å². The first-order chi connectivity index (χ1) is 7.77. The van der Waals surface area contributed by atoms with Gasteiger partial charge >= 0.3 is 0 Å². The Labute approximate surface area is 101 Å². The molecule has 2 N–H and O–H groups in total. The highest BCUT2D eigenvalue weighted by molar-refractivity contribution is 7.09. The van der Waals surface area contributed by atoms with Gasteiger partial charge in [0.05, 0.1) is 11.6 Å². The zero-order valence-corrected chi connectivity index (χ0v) is 10.5. The molecule has 0 amide bonds. The van der Waals surface area contributed by atoms with E-state index < -0.39 is 0 Å². The maximum absolute atomic E-state index is 10.0. The molecule has 0 radical (unpaired) electrons. The number of aliphatic hydroxyl groups is 1. The smallest absolute Gasteiger partial charge is 0.0794 e. The minimum absolute atomic E-state index is 0.183. The molecule has 1 heterocycles. The molecule has 90 valence electrons. The fraction of sp³-hybridized carbons (Fsp3) is 0.750. The van der Waals surface area contributed by atoms with Gasteiger partial charge in [-0.05, 0) is 25.7 Å². The molecule has 2 rings (SSSR count). The molecule has 1 aliphatic carbocycles. The third-order valence-electron chi connectivity index (χ3n) is 3.46. The lowest BCUT2D eigenvalue weighted by Crippen LogP contribution is -2.33. The van der Waals surface area contributed by atoms with Gasteiger partial charge in [0.2, 0.25) is 0 Å². The molecular weight excluding hydrogens is 220 g/mol. The van der Waals surface area contributed by atoms with Crippen molar-refractivity contribution in [2.24, 2.45) is 5.92 Å². The van der Waals surface area contributed by atoms with Gasteiger partial charge in [-0.15, -0.1) is 11.3 Å². The highest BCUT2D eigenvalue weighted by Gasteiger charge is 2.23. The largest absolute Gasteiger partial charge is 0.392 e. The van der Waals surface area contributed by atoms with Crippen LogP contribution in [0.25, 0.3) is 0 Å². The minimum Gasteiger partial charge on any atom is -0.392 e. The number of hydrogen-bond acceptors (Lipinski definition) is 4. The number of hydrogen-bond donors (Lipinski definition) is 2. The van der Waals surface area contributed by atoms with Crippen molar-refractivity contribution in [3.05, 3.63) is 16.6 Å². The average Bonchev–Trinajstić information content (AvgIpc) is 2.95. The van der Waals surface area contributed by atoms with Crippen LogP contribution in [0, 0.1) is 5.92 Å². The van der Waals surface area contributed by atoms with Crippen LogP contribution in [0.1, 0.15) is 43.5 Å². The van der Waals surface area contributed by atoms with E-state index >= 15 is 0 Å². The van der Waals surface area contributed by atoms with Gasteiger partial charge in [0.1, 0.15) is 0 Å². The van der Waals surface area contributed by atoms with Gasteiger partial charge in [-0.2, -0.15) is 0 Å². The molecule has 4 heteroatoms. The molecule has 1 aliphatic rings. The van der Waals surface area contributed by atoms with Gasteiger partial charge in [0.25, 0.3) is 0 Å². The van der Waals surface area contributed by atoms with Crippen molar-refractivity contribution < 1.29 is 5.11 Å². The standard InChI is InChI=1S/C12H20N2OS/c1-9(12-7-13-8-16-12)14-6-11(15)10-4-2-3-5-10/h7-11,14-15H,2-6H2,1H3.